The van der Waals surface area contributed by atoms with Crippen LogP contribution in [0.3, 0.4) is 0 Å². The fourth-order valence-electron chi connectivity index (χ4n) is 2.52. The van der Waals surface area contributed by atoms with E-state index in [0.717, 1.165) is 23.1 Å². The van der Waals surface area contributed by atoms with Crippen molar-refractivity contribution in [2.45, 2.75) is 39.4 Å². The van der Waals surface area contributed by atoms with Crippen molar-refractivity contribution in [2.24, 2.45) is 0 Å². The minimum atomic E-state index is -4.34. The zero-order valence-electron chi connectivity index (χ0n) is 12.8. The molecule has 0 radical (unpaired) electrons. The van der Waals surface area contributed by atoms with Crippen molar-refractivity contribution in [3.8, 4) is 0 Å². The van der Waals surface area contributed by atoms with Crippen molar-refractivity contribution in [2.75, 3.05) is 6.54 Å². The van der Waals surface area contributed by atoms with Crippen molar-refractivity contribution in [1.82, 2.24) is 10.5 Å². The van der Waals surface area contributed by atoms with Crippen LogP contribution >= 0.6 is 0 Å². The summed E-state index contributed by atoms with van der Waals surface area (Å²) in [5.74, 6) is 0.752. The van der Waals surface area contributed by atoms with Crippen molar-refractivity contribution in [1.29, 1.82) is 0 Å². The van der Waals surface area contributed by atoms with Gasteiger partial charge in [-0.2, -0.15) is 13.2 Å². The number of nitrogens with zero attached hydrogens (tertiary/aromatic N) is 1. The largest absolute Gasteiger partial charge is 0.416 e. The predicted molar refractivity (Wildman–Crippen MR) is 77.5 cm³/mol. The molecule has 0 saturated heterocycles. The summed E-state index contributed by atoms with van der Waals surface area (Å²) in [5.41, 5.74) is 1.49. The summed E-state index contributed by atoms with van der Waals surface area (Å²) in [6, 6.07) is 5.26. The Morgan fingerprint density at radius 2 is 1.91 bits per heavy atom. The summed E-state index contributed by atoms with van der Waals surface area (Å²) < 4.78 is 44.1. The van der Waals surface area contributed by atoms with Gasteiger partial charge in [0.05, 0.1) is 11.3 Å². The average Bonchev–Trinajstić information content (AvgIpc) is 2.78. The van der Waals surface area contributed by atoms with Gasteiger partial charge in [-0.25, -0.2) is 0 Å². The van der Waals surface area contributed by atoms with Gasteiger partial charge in [0.15, 0.2) is 0 Å². The molecule has 0 amide bonds. The maximum atomic E-state index is 13.0. The van der Waals surface area contributed by atoms with E-state index in [1.807, 2.05) is 13.8 Å². The first kappa shape index (κ1) is 16.5. The first-order valence-corrected chi connectivity index (χ1v) is 7.12. The molecule has 6 heteroatoms. The first-order chi connectivity index (χ1) is 10.3. The molecule has 0 aliphatic carbocycles. The van der Waals surface area contributed by atoms with Gasteiger partial charge in [0.25, 0.3) is 0 Å². The Bertz CT molecular complexity index is 615. The van der Waals surface area contributed by atoms with Crippen molar-refractivity contribution < 1.29 is 17.7 Å². The molecule has 0 bridgehead atoms. The molecule has 0 aliphatic rings. The molecule has 2 aromatic rings. The van der Waals surface area contributed by atoms with Crippen LogP contribution in [0.1, 0.15) is 41.1 Å². The van der Waals surface area contributed by atoms with E-state index in [0.29, 0.717) is 13.0 Å². The Balaban J connectivity index is 2.03. The summed E-state index contributed by atoms with van der Waals surface area (Å²) >= 11 is 0. The highest BCUT2D eigenvalue weighted by atomic mass is 19.4. The lowest BCUT2D eigenvalue weighted by molar-refractivity contribution is -0.138. The van der Waals surface area contributed by atoms with Gasteiger partial charge in [-0.15, -0.1) is 0 Å². The van der Waals surface area contributed by atoms with Gasteiger partial charge < -0.3 is 9.84 Å². The Hall–Kier alpha value is -1.82. The van der Waals surface area contributed by atoms with Crippen LogP contribution in [0.5, 0.6) is 0 Å². The predicted octanol–water partition coefficient (Wildman–Crippen LogP) is 4.20. The zero-order chi connectivity index (χ0) is 16.3. The molecular formula is C16H19F3N2O. The SMILES string of the molecule is Cc1noc(C)c1CCNC(C)c1ccccc1C(F)(F)F. The van der Waals surface area contributed by atoms with E-state index in [9.17, 15) is 13.2 Å². The van der Waals surface area contributed by atoms with E-state index in [2.05, 4.69) is 10.5 Å². The number of nitrogens with one attached hydrogen (secondary N) is 1. The number of alkyl halides is 3. The Labute approximate surface area is 127 Å². The van der Waals surface area contributed by atoms with Crippen molar-refractivity contribution in [3.05, 3.63) is 52.4 Å². The van der Waals surface area contributed by atoms with Crippen molar-refractivity contribution >= 4 is 0 Å². The molecule has 2 rings (SSSR count). The third kappa shape index (κ3) is 3.68. The Morgan fingerprint density at radius 1 is 1.23 bits per heavy atom. The summed E-state index contributed by atoms with van der Waals surface area (Å²) in [5, 5.41) is 7.00. The van der Waals surface area contributed by atoms with Gasteiger partial charge in [0.2, 0.25) is 0 Å². The highest BCUT2D eigenvalue weighted by Crippen LogP contribution is 2.34. The fourth-order valence-corrected chi connectivity index (χ4v) is 2.52. The van der Waals surface area contributed by atoms with Crippen LogP contribution in [0.2, 0.25) is 0 Å². The van der Waals surface area contributed by atoms with Gasteiger partial charge in [-0.05, 0) is 45.4 Å². The van der Waals surface area contributed by atoms with Crippen LogP contribution in [-0.4, -0.2) is 11.7 Å². The summed E-state index contributed by atoms with van der Waals surface area (Å²) in [6.07, 6.45) is -3.67. The highest BCUT2D eigenvalue weighted by Gasteiger charge is 2.33. The van der Waals surface area contributed by atoms with E-state index in [1.54, 1.807) is 13.0 Å². The minimum Gasteiger partial charge on any atom is -0.361 e. The molecule has 0 spiro atoms. The second kappa shape index (κ2) is 6.52. The fraction of sp³-hybridized carbons (Fsp3) is 0.438. The van der Waals surface area contributed by atoms with E-state index in [4.69, 9.17) is 4.52 Å². The van der Waals surface area contributed by atoms with Crippen LogP contribution in [0.4, 0.5) is 13.2 Å². The number of hydrogen-bond donors (Lipinski definition) is 1. The lowest BCUT2D eigenvalue weighted by Crippen LogP contribution is -2.24. The maximum Gasteiger partial charge on any atom is 0.416 e. The second-order valence-electron chi connectivity index (χ2n) is 5.31. The van der Waals surface area contributed by atoms with E-state index < -0.39 is 17.8 Å². The third-order valence-electron chi connectivity index (χ3n) is 3.74. The lowest BCUT2D eigenvalue weighted by Gasteiger charge is -2.19. The van der Waals surface area contributed by atoms with Crippen molar-refractivity contribution in [3.63, 3.8) is 0 Å². The minimum absolute atomic E-state index is 0.258. The number of rotatable bonds is 5. The maximum absolute atomic E-state index is 13.0. The molecule has 0 fully saturated rings. The Morgan fingerprint density at radius 3 is 2.50 bits per heavy atom. The molecule has 1 heterocycles. The molecular weight excluding hydrogens is 293 g/mol. The monoisotopic (exact) mass is 312 g/mol. The number of aromatic nitrogens is 1. The third-order valence-corrected chi connectivity index (χ3v) is 3.74. The standard InChI is InChI=1S/C16H19F3N2O/c1-10(14-6-4-5-7-15(14)16(17,18)19)20-9-8-13-11(2)21-22-12(13)3/h4-7,10,20H,8-9H2,1-3H3. The normalized spacial score (nSPS) is 13.4. The second-order valence-corrected chi connectivity index (χ2v) is 5.31. The molecule has 1 N–H and O–H groups in total. The molecule has 1 aromatic heterocycles. The van der Waals surface area contributed by atoms with Gasteiger partial charge in [-0.1, -0.05) is 23.4 Å². The highest BCUT2D eigenvalue weighted by molar-refractivity contribution is 5.32. The average molecular weight is 312 g/mol. The lowest BCUT2D eigenvalue weighted by atomic mass is 10.0. The quantitative estimate of drug-likeness (QED) is 0.899. The van der Waals surface area contributed by atoms with Crippen LogP contribution < -0.4 is 5.32 Å². The summed E-state index contributed by atoms with van der Waals surface area (Å²) in [6.45, 7) is 5.97. The molecule has 3 nitrogen and oxygen atoms in total. The van der Waals surface area contributed by atoms with E-state index in [1.165, 1.54) is 12.1 Å². The Kier molecular flexibility index (Phi) is 4.90. The van der Waals surface area contributed by atoms with Gasteiger partial charge in [-0.3, -0.25) is 0 Å². The van der Waals surface area contributed by atoms with Gasteiger partial charge >= 0.3 is 6.18 Å². The summed E-state index contributed by atoms with van der Waals surface area (Å²) in [4.78, 5) is 0. The van der Waals surface area contributed by atoms with Gasteiger partial charge in [0, 0.05) is 11.6 Å². The van der Waals surface area contributed by atoms with Crippen LogP contribution in [0, 0.1) is 13.8 Å². The molecule has 1 unspecified atom stereocenters. The van der Waals surface area contributed by atoms with Crippen LogP contribution in [-0.2, 0) is 12.6 Å². The molecule has 1 aromatic carbocycles. The molecule has 1 atom stereocenters. The first-order valence-electron chi connectivity index (χ1n) is 7.12. The van der Waals surface area contributed by atoms with E-state index in [-0.39, 0.29) is 5.56 Å². The smallest absolute Gasteiger partial charge is 0.361 e. The van der Waals surface area contributed by atoms with Crippen LogP contribution in [0.25, 0.3) is 0 Å². The summed E-state index contributed by atoms with van der Waals surface area (Å²) in [7, 11) is 0. The van der Waals surface area contributed by atoms with Crippen LogP contribution in [0.15, 0.2) is 28.8 Å². The molecule has 120 valence electrons. The zero-order valence-corrected chi connectivity index (χ0v) is 12.8. The number of halogens is 3. The molecule has 22 heavy (non-hydrogen) atoms. The number of benzene rings is 1. The number of hydrogen-bond acceptors (Lipinski definition) is 3. The van der Waals surface area contributed by atoms with Gasteiger partial charge in [0.1, 0.15) is 5.76 Å². The molecule has 0 saturated carbocycles. The van der Waals surface area contributed by atoms with E-state index >= 15 is 0 Å². The number of aryl methyl sites for hydroxylation is 2. The molecule has 0 aliphatic heterocycles. The topological polar surface area (TPSA) is 38.1 Å².